The number of aliphatic hydroxyl groups excluding tert-OH is 1. The third kappa shape index (κ3) is 6.22. The van der Waals surface area contributed by atoms with Gasteiger partial charge in [-0.15, -0.1) is 0 Å². The van der Waals surface area contributed by atoms with Crippen molar-refractivity contribution in [2.45, 2.75) is 57.9 Å². The van der Waals surface area contributed by atoms with Crippen molar-refractivity contribution in [1.82, 2.24) is 24.3 Å². The number of nitrogens with one attached hydrogen (secondary N) is 1. The number of ketones is 1. The summed E-state index contributed by atoms with van der Waals surface area (Å²) in [7, 11) is 1.74. The Morgan fingerprint density at radius 1 is 1.13 bits per heavy atom. The molecule has 2 N–H and O–H groups in total. The number of ether oxygens (including phenoxy) is 1. The lowest BCUT2D eigenvalue weighted by atomic mass is 9.87. The topological polar surface area (TPSA) is 107 Å². The number of fused-ring (bicyclic) bond motifs is 1. The number of hydrogen-bond acceptors (Lipinski definition) is 7. The molecule has 0 unspecified atom stereocenters. The third-order valence-corrected chi connectivity index (χ3v) is 6.86. The van der Waals surface area contributed by atoms with Crippen LogP contribution in [0.2, 0.25) is 0 Å². The number of aryl methyl sites for hydroxylation is 1. The highest BCUT2D eigenvalue weighted by molar-refractivity contribution is 5.81. The molecule has 39 heavy (non-hydrogen) atoms. The van der Waals surface area contributed by atoms with Crippen LogP contribution in [0.4, 0.5) is 24.9 Å². The number of aliphatic hydroxyl groups is 1. The SMILES string of the molecule is CC(=O)Cc1cc(Oc2ccc3nc(Nc4cc(C(F)(F)F)n(CC5CCC(O)CC5)n4)n(C)c3c2)ccn1. The predicted molar refractivity (Wildman–Crippen MR) is 138 cm³/mol. The maximum atomic E-state index is 13.8. The van der Waals surface area contributed by atoms with Gasteiger partial charge in [-0.3, -0.25) is 14.5 Å². The van der Waals surface area contributed by atoms with E-state index < -0.39 is 11.9 Å². The highest BCUT2D eigenvalue weighted by atomic mass is 19.4. The van der Waals surface area contributed by atoms with Gasteiger partial charge in [0.15, 0.2) is 5.82 Å². The van der Waals surface area contributed by atoms with E-state index in [4.69, 9.17) is 4.74 Å². The van der Waals surface area contributed by atoms with E-state index in [2.05, 4.69) is 20.4 Å². The summed E-state index contributed by atoms with van der Waals surface area (Å²) in [6.07, 6.45) is -0.656. The Labute approximate surface area is 222 Å². The number of nitrogens with zero attached hydrogens (tertiary/aromatic N) is 5. The van der Waals surface area contributed by atoms with Crippen LogP contribution in [-0.2, 0) is 31.0 Å². The minimum Gasteiger partial charge on any atom is -0.457 e. The number of rotatable bonds is 8. The zero-order valence-corrected chi connectivity index (χ0v) is 21.6. The second kappa shape index (κ2) is 10.7. The van der Waals surface area contributed by atoms with Crippen molar-refractivity contribution >= 4 is 28.6 Å². The summed E-state index contributed by atoms with van der Waals surface area (Å²) in [6, 6.07) is 9.65. The third-order valence-electron chi connectivity index (χ3n) is 6.86. The summed E-state index contributed by atoms with van der Waals surface area (Å²) >= 11 is 0. The summed E-state index contributed by atoms with van der Waals surface area (Å²) in [5.74, 6) is 1.45. The lowest BCUT2D eigenvalue weighted by Crippen LogP contribution is -2.24. The molecule has 0 spiro atoms. The fraction of sp³-hybridized carbons (Fsp3) is 0.407. The van der Waals surface area contributed by atoms with Gasteiger partial charge in [0.2, 0.25) is 5.95 Å². The average Bonchev–Trinajstić information content (AvgIpc) is 3.41. The second-order valence-corrected chi connectivity index (χ2v) is 10.0. The molecule has 0 saturated heterocycles. The molecule has 1 saturated carbocycles. The van der Waals surface area contributed by atoms with Gasteiger partial charge in [0.05, 0.1) is 22.8 Å². The minimum absolute atomic E-state index is 0.00278. The number of alkyl halides is 3. The van der Waals surface area contributed by atoms with E-state index in [-0.39, 0.29) is 36.6 Å². The Morgan fingerprint density at radius 3 is 2.59 bits per heavy atom. The van der Waals surface area contributed by atoms with Gasteiger partial charge in [-0.2, -0.15) is 18.3 Å². The highest BCUT2D eigenvalue weighted by Gasteiger charge is 2.37. The quantitative estimate of drug-likeness (QED) is 0.307. The molecule has 1 aromatic carbocycles. The monoisotopic (exact) mass is 542 g/mol. The van der Waals surface area contributed by atoms with Gasteiger partial charge in [-0.25, -0.2) is 4.98 Å². The van der Waals surface area contributed by atoms with Crippen LogP contribution >= 0.6 is 0 Å². The molecule has 3 aromatic heterocycles. The van der Waals surface area contributed by atoms with Crippen molar-refractivity contribution in [3.8, 4) is 11.5 Å². The molecule has 9 nitrogen and oxygen atoms in total. The van der Waals surface area contributed by atoms with Gasteiger partial charge in [-0.05, 0) is 56.7 Å². The molecule has 3 heterocycles. The molecule has 5 rings (SSSR count). The zero-order chi connectivity index (χ0) is 27.7. The van der Waals surface area contributed by atoms with Crippen LogP contribution in [0.1, 0.15) is 44.0 Å². The molecule has 0 amide bonds. The first-order chi connectivity index (χ1) is 18.5. The van der Waals surface area contributed by atoms with E-state index in [1.807, 2.05) is 0 Å². The van der Waals surface area contributed by atoms with Gasteiger partial charge in [0.1, 0.15) is 23.0 Å². The number of imidazole rings is 1. The van der Waals surface area contributed by atoms with Crippen LogP contribution in [0.25, 0.3) is 11.0 Å². The second-order valence-electron chi connectivity index (χ2n) is 10.0. The first kappa shape index (κ1) is 26.7. The Hall–Kier alpha value is -3.93. The Kier molecular flexibility index (Phi) is 7.30. The fourth-order valence-corrected chi connectivity index (χ4v) is 4.88. The molecule has 12 heteroatoms. The van der Waals surface area contributed by atoms with E-state index in [1.165, 1.54) is 6.92 Å². The zero-order valence-electron chi connectivity index (χ0n) is 21.6. The number of hydrogen-bond donors (Lipinski definition) is 2. The first-order valence-corrected chi connectivity index (χ1v) is 12.7. The van der Waals surface area contributed by atoms with E-state index >= 15 is 0 Å². The Morgan fingerprint density at radius 2 is 1.87 bits per heavy atom. The van der Waals surface area contributed by atoms with Gasteiger partial charge in [0.25, 0.3) is 0 Å². The minimum atomic E-state index is -4.56. The molecule has 206 valence electrons. The lowest BCUT2D eigenvalue weighted by molar-refractivity contribution is -0.144. The molecule has 1 fully saturated rings. The van der Waals surface area contributed by atoms with Crippen molar-refractivity contribution in [3.05, 3.63) is 54.0 Å². The molecule has 4 aromatic rings. The molecule has 0 atom stereocenters. The van der Waals surface area contributed by atoms with Crippen molar-refractivity contribution in [1.29, 1.82) is 0 Å². The largest absolute Gasteiger partial charge is 0.457 e. The van der Waals surface area contributed by atoms with Crippen LogP contribution < -0.4 is 10.1 Å². The van der Waals surface area contributed by atoms with Crippen LogP contribution in [-0.4, -0.2) is 41.3 Å². The predicted octanol–water partition coefficient (Wildman–Crippen LogP) is 5.40. The highest BCUT2D eigenvalue weighted by Crippen LogP contribution is 2.34. The molecule has 1 aliphatic carbocycles. The van der Waals surface area contributed by atoms with Crippen molar-refractivity contribution < 1.29 is 27.8 Å². The summed E-state index contributed by atoms with van der Waals surface area (Å²) in [4.78, 5) is 20.1. The smallest absolute Gasteiger partial charge is 0.433 e. The van der Waals surface area contributed by atoms with Gasteiger partial charge < -0.3 is 19.7 Å². The molecule has 0 aliphatic heterocycles. The standard InChI is InChI=1S/C27H29F3N6O3/c1-16(37)11-18-12-21(9-10-31-18)39-20-7-8-22-23(13-20)35(2)26(32-22)33-25-14-24(27(28,29)30)36(34-25)15-17-3-5-19(38)6-4-17/h7-10,12-14,17,19,38H,3-6,11,15H2,1-2H3,(H,32,33,34). The first-order valence-electron chi connectivity index (χ1n) is 12.7. The van der Waals surface area contributed by atoms with Gasteiger partial charge >= 0.3 is 6.18 Å². The lowest BCUT2D eigenvalue weighted by Gasteiger charge is -2.25. The Bertz CT molecular complexity index is 1490. The van der Waals surface area contributed by atoms with Crippen molar-refractivity contribution in [2.75, 3.05) is 5.32 Å². The van der Waals surface area contributed by atoms with E-state index in [9.17, 15) is 23.1 Å². The van der Waals surface area contributed by atoms with Crippen molar-refractivity contribution in [2.24, 2.45) is 13.0 Å². The molecule has 0 radical (unpaired) electrons. The number of carbonyl (C=O) groups is 1. The molecular formula is C27H29F3N6O3. The van der Waals surface area contributed by atoms with Crippen LogP contribution in [0, 0.1) is 5.92 Å². The van der Waals surface area contributed by atoms with Crippen molar-refractivity contribution in [3.63, 3.8) is 0 Å². The van der Waals surface area contributed by atoms with Crippen LogP contribution in [0.3, 0.4) is 0 Å². The maximum absolute atomic E-state index is 13.8. The Balaban J connectivity index is 1.36. The normalized spacial score (nSPS) is 17.9. The summed E-state index contributed by atoms with van der Waals surface area (Å²) in [5, 5.41) is 16.9. The summed E-state index contributed by atoms with van der Waals surface area (Å²) in [6.45, 7) is 1.63. The van der Waals surface area contributed by atoms with Crippen LogP contribution in [0.15, 0.2) is 42.6 Å². The number of aromatic nitrogens is 5. The summed E-state index contributed by atoms with van der Waals surface area (Å²) in [5.41, 5.74) is 1.10. The average molecular weight is 543 g/mol. The number of Topliss-reactive ketones (excluding diaryl/α,β-unsaturated/α-hetero) is 1. The van der Waals surface area contributed by atoms with Gasteiger partial charge in [-0.1, -0.05) is 0 Å². The number of halogens is 3. The number of pyridine rings is 1. The number of benzene rings is 1. The summed E-state index contributed by atoms with van der Waals surface area (Å²) < 4.78 is 50.0. The van der Waals surface area contributed by atoms with E-state index in [0.29, 0.717) is 59.9 Å². The fourth-order valence-electron chi connectivity index (χ4n) is 4.88. The molecular weight excluding hydrogens is 513 g/mol. The van der Waals surface area contributed by atoms with E-state index in [1.54, 1.807) is 48.1 Å². The van der Waals surface area contributed by atoms with Gasteiger partial charge in [0, 0.05) is 44.4 Å². The molecule has 0 bridgehead atoms. The van der Waals surface area contributed by atoms with E-state index in [0.717, 1.165) is 10.7 Å². The number of carbonyl (C=O) groups excluding carboxylic acids is 1. The maximum Gasteiger partial charge on any atom is 0.433 e. The van der Waals surface area contributed by atoms with Crippen LogP contribution in [0.5, 0.6) is 11.5 Å². The number of anilines is 2. The molecule has 1 aliphatic rings.